The molecular formula is C16H22ClNO2. The number of benzene rings is 1. The fraction of sp³-hybridized carbons (Fsp3) is 0.500. The number of methoxy groups -OCH3 is 1. The third-order valence-electron chi connectivity index (χ3n) is 3.35. The molecule has 110 valence electrons. The summed E-state index contributed by atoms with van der Waals surface area (Å²) in [6, 6.07) is 5.70. The smallest absolute Gasteiger partial charge is 0.124 e. The van der Waals surface area contributed by atoms with E-state index in [0.29, 0.717) is 5.02 Å². The topological polar surface area (TPSA) is 30.5 Å². The van der Waals surface area contributed by atoms with E-state index in [1.807, 2.05) is 18.2 Å². The van der Waals surface area contributed by atoms with Gasteiger partial charge in [0.25, 0.3) is 0 Å². The highest BCUT2D eigenvalue weighted by molar-refractivity contribution is 6.30. The predicted molar refractivity (Wildman–Crippen MR) is 82.3 cm³/mol. The monoisotopic (exact) mass is 295 g/mol. The third kappa shape index (κ3) is 3.68. The van der Waals surface area contributed by atoms with E-state index in [1.165, 1.54) is 0 Å². The van der Waals surface area contributed by atoms with Gasteiger partial charge in [0.15, 0.2) is 0 Å². The van der Waals surface area contributed by atoms with Gasteiger partial charge in [-0.2, -0.15) is 0 Å². The standard InChI is InChI=1S/C16H22ClNO2/c1-3-9-18-16(15-6-4-5-10-20-15)13-11-12(17)7-8-14(13)19-2/h6-8,11,16,18H,3-5,9-10H2,1-2H3. The SMILES string of the molecule is CCCNC(C1=CCCCO1)c1cc(Cl)ccc1OC. The van der Waals surface area contributed by atoms with Crippen LogP contribution in [0.1, 0.15) is 37.8 Å². The van der Waals surface area contributed by atoms with Crippen LogP contribution in [0.2, 0.25) is 5.02 Å². The van der Waals surface area contributed by atoms with E-state index in [9.17, 15) is 0 Å². The Morgan fingerprint density at radius 2 is 2.30 bits per heavy atom. The molecule has 1 N–H and O–H groups in total. The van der Waals surface area contributed by atoms with Crippen molar-refractivity contribution in [2.45, 2.75) is 32.2 Å². The van der Waals surface area contributed by atoms with Crippen LogP contribution >= 0.6 is 11.6 Å². The molecule has 2 rings (SSSR count). The number of hydrogen-bond donors (Lipinski definition) is 1. The van der Waals surface area contributed by atoms with Crippen molar-refractivity contribution in [3.8, 4) is 5.75 Å². The van der Waals surface area contributed by atoms with Crippen LogP contribution < -0.4 is 10.1 Å². The second-order valence-corrected chi connectivity index (χ2v) is 5.31. The lowest BCUT2D eigenvalue weighted by molar-refractivity contribution is 0.167. The molecule has 1 heterocycles. The Morgan fingerprint density at radius 1 is 1.45 bits per heavy atom. The highest BCUT2D eigenvalue weighted by atomic mass is 35.5. The largest absolute Gasteiger partial charge is 0.496 e. The van der Waals surface area contributed by atoms with Crippen LogP contribution in [0, 0.1) is 0 Å². The van der Waals surface area contributed by atoms with E-state index in [2.05, 4.69) is 18.3 Å². The summed E-state index contributed by atoms with van der Waals surface area (Å²) in [5.41, 5.74) is 1.03. The molecule has 1 aromatic carbocycles. The minimum Gasteiger partial charge on any atom is -0.496 e. The van der Waals surface area contributed by atoms with Gasteiger partial charge in [-0.25, -0.2) is 0 Å². The summed E-state index contributed by atoms with van der Waals surface area (Å²) in [4.78, 5) is 0. The Balaban J connectivity index is 2.34. The highest BCUT2D eigenvalue weighted by Gasteiger charge is 2.23. The van der Waals surface area contributed by atoms with Gasteiger partial charge >= 0.3 is 0 Å². The van der Waals surface area contributed by atoms with E-state index < -0.39 is 0 Å². The van der Waals surface area contributed by atoms with Crippen molar-refractivity contribution in [1.29, 1.82) is 0 Å². The van der Waals surface area contributed by atoms with E-state index in [-0.39, 0.29) is 6.04 Å². The van der Waals surface area contributed by atoms with E-state index in [0.717, 1.165) is 49.5 Å². The summed E-state index contributed by atoms with van der Waals surface area (Å²) in [5.74, 6) is 1.81. The van der Waals surface area contributed by atoms with Crippen LogP contribution in [-0.2, 0) is 4.74 Å². The molecule has 0 aliphatic carbocycles. The molecule has 0 bridgehead atoms. The van der Waals surface area contributed by atoms with Crippen LogP contribution in [0.5, 0.6) is 5.75 Å². The Hall–Kier alpha value is -1.19. The number of allylic oxidation sites excluding steroid dienone is 1. The molecule has 1 atom stereocenters. The van der Waals surface area contributed by atoms with Gasteiger partial charge in [0.1, 0.15) is 11.5 Å². The van der Waals surface area contributed by atoms with E-state index in [1.54, 1.807) is 7.11 Å². The average Bonchev–Trinajstić information content (AvgIpc) is 2.49. The van der Waals surface area contributed by atoms with Crippen LogP contribution in [0.15, 0.2) is 30.0 Å². The van der Waals surface area contributed by atoms with Crippen LogP contribution in [0.25, 0.3) is 0 Å². The first-order chi connectivity index (χ1) is 9.76. The summed E-state index contributed by atoms with van der Waals surface area (Å²) < 4.78 is 11.3. The molecule has 0 spiro atoms. The summed E-state index contributed by atoms with van der Waals surface area (Å²) >= 11 is 6.15. The fourth-order valence-electron chi connectivity index (χ4n) is 2.36. The lowest BCUT2D eigenvalue weighted by Gasteiger charge is -2.26. The quantitative estimate of drug-likeness (QED) is 0.857. The van der Waals surface area contributed by atoms with Gasteiger partial charge in [0.05, 0.1) is 19.8 Å². The minimum atomic E-state index is 0.00361. The molecule has 1 aliphatic heterocycles. The van der Waals surface area contributed by atoms with Crippen molar-refractivity contribution in [3.05, 3.63) is 40.6 Å². The molecule has 3 nitrogen and oxygen atoms in total. The Labute approximate surface area is 125 Å². The predicted octanol–water partition coefficient (Wildman–Crippen LogP) is 4.08. The first-order valence-electron chi connectivity index (χ1n) is 7.16. The minimum absolute atomic E-state index is 0.00361. The first kappa shape index (κ1) is 15.2. The number of nitrogens with one attached hydrogen (secondary N) is 1. The summed E-state index contributed by atoms with van der Waals surface area (Å²) in [5, 5.41) is 4.23. The molecule has 0 amide bonds. The molecule has 20 heavy (non-hydrogen) atoms. The van der Waals surface area contributed by atoms with Crippen molar-refractivity contribution in [2.75, 3.05) is 20.3 Å². The Bertz CT molecular complexity index is 474. The fourth-order valence-corrected chi connectivity index (χ4v) is 2.54. The molecule has 1 unspecified atom stereocenters. The van der Waals surface area contributed by atoms with Gasteiger partial charge in [-0.15, -0.1) is 0 Å². The van der Waals surface area contributed by atoms with Crippen LogP contribution in [-0.4, -0.2) is 20.3 Å². The summed E-state index contributed by atoms with van der Waals surface area (Å²) in [6.45, 7) is 3.84. The number of hydrogen-bond acceptors (Lipinski definition) is 3. The number of rotatable bonds is 6. The lowest BCUT2D eigenvalue weighted by atomic mass is 10.0. The van der Waals surface area contributed by atoms with Crippen LogP contribution in [0.3, 0.4) is 0 Å². The molecule has 0 aromatic heterocycles. The molecule has 0 fully saturated rings. The van der Waals surface area contributed by atoms with Crippen LogP contribution in [0.4, 0.5) is 0 Å². The van der Waals surface area contributed by atoms with Gasteiger partial charge in [0.2, 0.25) is 0 Å². The zero-order chi connectivity index (χ0) is 14.4. The van der Waals surface area contributed by atoms with Crippen molar-refractivity contribution in [1.82, 2.24) is 5.32 Å². The average molecular weight is 296 g/mol. The molecule has 1 aromatic rings. The van der Waals surface area contributed by atoms with Gasteiger partial charge in [-0.1, -0.05) is 18.5 Å². The van der Waals surface area contributed by atoms with E-state index in [4.69, 9.17) is 21.1 Å². The molecule has 0 saturated carbocycles. The normalized spacial score (nSPS) is 16.2. The zero-order valence-corrected chi connectivity index (χ0v) is 12.9. The Kier molecular flexibility index (Phi) is 5.74. The summed E-state index contributed by atoms with van der Waals surface area (Å²) in [7, 11) is 1.68. The van der Waals surface area contributed by atoms with Crippen molar-refractivity contribution in [2.24, 2.45) is 0 Å². The van der Waals surface area contributed by atoms with Crippen molar-refractivity contribution < 1.29 is 9.47 Å². The maximum atomic E-state index is 6.15. The Morgan fingerprint density at radius 3 is 2.95 bits per heavy atom. The second kappa shape index (κ2) is 7.55. The maximum Gasteiger partial charge on any atom is 0.124 e. The lowest BCUT2D eigenvalue weighted by Crippen LogP contribution is -2.26. The van der Waals surface area contributed by atoms with Gasteiger partial charge in [0, 0.05) is 10.6 Å². The maximum absolute atomic E-state index is 6.15. The first-order valence-corrected chi connectivity index (χ1v) is 7.53. The van der Waals surface area contributed by atoms with Crippen molar-refractivity contribution >= 4 is 11.6 Å². The van der Waals surface area contributed by atoms with Crippen molar-refractivity contribution in [3.63, 3.8) is 0 Å². The number of halogens is 1. The van der Waals surface area contributed by atoms with E-state index >= 15 is 0 Å². The molecule has 4 heteroatoms. The zero-order valence-electron chi connectivity index (χ0n) is 12.1. The molecule has 1 aliphatic rings. The third-order valence-corrected chi connectivity index (χ3v) is 3.58. The van der Waals surface area contributed by atoms with Gasteiger partial charge < -0.3 is 14.8 Å². The molecule has 0 saturated heterocycles. The summed E-state index contributed by atoms with van der Waals surface area (Å²) in [6.07, 6.45) is 5.36. The van der Waals surface area contributed by atoms with Gasteiger partial charge in [-0.05, 0) is 50.1 Å². The highest BCUT2D eigenvalue weighted by Crippen LogP contribution is 2.34. The molecular weight excluding hydrogens is 274 g/mol. The number of ether oxygens (including phenoxy) is 2. The van der Waals surface area contributed by atoms with Gasteiger partial charge in [-0.3, -0.25) is 0 Å². The molecule has 0 radical (unpaired) electrons. The second-order valence-electron chi connectivity index (χ2n) is 4.87.